The van der Waals surface area contributed by atoms with Crippen LogP contribution in [0.1, 0.15) is 32.6 Å². The summed E-state index contributed by atoms with van der Waals surface area (Å²) >= 11 is 1.33. The summed E-state index contributed by atoms with van der Waals surface area (Å²) in [4.78, 5) is 36.8. The second kappa shape index (κ2) is 9.15. The molecule has 1 heterocycles. The Morgan fingerprint density at radius 3 is 2.43 bits per heavy atom. The van der Waals surface area contributed by atoms with Gasteiger partial charge in [-0.15, -0.1) is 11.8 Å². The van der Waals surface area contributed by atoms with Gasteiger partial charge in [-0.1, -0.05) is 13.3 Å². The molecule has 2 aliphatic rings. The second-order valence-corrected chi connectivity index (χ2v) is 7.44. The van der Waals surface area contributed by atoms with Crippen LogP contribution in [0.15, 0.2) is 0 Å². The summed E-state index contributed by atoms with van der Waals surface area (Å²) in [7, 11) is 0. The lowest BCUT2D eigenvalue weighted by atomic mass is 9.85. The van der Waals surface area contributed by atoms with E-state index in [1.54, 1.807) is 4.90 Å². The van der Waals surface area contributed by atoms with Crippen molar-refractivity contribution < 1.29 is 14.4 Å². The van der Waals surface area contributed by atoms with Gasteiger partial charge in [0.1, 0.15) is 0 Å². The van der Waals surface area contributed by atoms with Crippen LogP contribution in [0.25, 0.3) is 0 Å². The third-order valence-corrected chi connectivity index (χ3v) is 5.48. The van der Waals surface area contributed by atoms with Gasteiger partial charge in [-0.05, 0) is 25.2 Å². The maximum atomic E-state index is 11.7. The number of hydrogen-bond acceptors (Lipinski definition) is 4. The largest absolute Gasteiger partial charge is 0.355 e. The number of nitrogens with zero attached hydrogens (tertiary/aromatic N) is 1. The zero-order valence-electron chi connectivity index (χ0n) is 13.8. The van der Waals surface area contributed by atoms with Crippen LogP contribution in [0.4, 0.5) is 0 Å². The van der Waals surface area contributed by atoms with Gasteiger partial charge in [-0.25, -0.2) is 0 Å². The molecule has 7 heteroatoms. The Morgan fingerprint density at radius 1 is 1.17 bits per heavy atom. The van der Waals surface area contributed by atoms with E-state index in [0.717, 1.165) is 19.5 Å². The fourth-order valence-corrected chi connectivity index (χ4v) is 3.42. The molecule has 0 unspecified atom stereocenters. The molecule has 0 aromatic carbocycles. The van der Waals surface area contributed by atoms with Gasteiger partial charge in [0.25, 0.3) is 0 Å². The molecule has 1 saturated heterocycles. The van der Waals surface area contributed by atoms with Crippen molar-refractivity contribution in [2.45, 2.75) is 32.6 Å². The van der Waals surface area contributed by atoms with Gasteiger partial charge in [0.05, 0.1) is 11.5 Å². The Bertz CT molecular complexity index is 440. The average Bonchev–Trinajstić information content (AvgIpc) is 2.78. The number of amides is 3. The summed E-state index contributed by atoms with van der Waals surface area (Å²) in [5.41, 5.74) is 0. The molecular formula is C16H27N3O3S. The Morgan fingerprint density at radius 2 is 1.87 bits per heavy atom. The van der Waals surface area contributed by atoms with Crippen molar-refractivity contribution >= 4 is 29.5 Å². The molecular weight excluding hydrogens is 314 g/mol. The topological polar surface area (TPSA) is 78.5 Å². The van der Waals surface area contributed by atoms with Gasteiger partial charge < -0.3 is 15.5 Å². The van der Waals surface area contributed by atoms with Crippen LogP contribution in [-0.2, 0) is 14.4 Å². The Kier molecular flexibility index (Phi) is 7.20. The number of carbonyl (C=O) groups excluding carboxylic acids is 3. The molecule has 0 aromatic rings. The van der Waals surface area contributed by atoms with Crippen molar-refractivity contribution in [2.24, 2.45) is 11.8 Å². The normalized spacial score (nSPS) is 21.2. The first kappa shape index (κ1) is 18.1. The molecule has 1 aliphatic carbocycles. The SMILES string of the molecule is C[C@H]1CCN(CCNC(=O)CSCC(=O)NCC2CCC2)C1=O. The van der Waals surface area contributed by atoms with Crippen molar-refractivity contribution in [1.82, 2.24) is 15.5 Å². The molecule has 0 aromatic heterocycles. The average molecular weight is 341 g/mol. The zero-order chi connectivity index (χ0) is 16.7. The van der Waals surface area contributed by atoms with Crippen molar-refractivity contribution in [3.8, 4) is 0 Å². The van der Waals surface area contributed by atoms with E-state index >= 15 is 0 Å². The van der Waals surface area contributed by atoms with Crippen LogP contribution >= 0.6 is 11.8 Å². The Hall–Kier alpha value is -1.24. The highest BCUT2D eigenvalue weighted by molar-refractivity contribution is 8.00. The predicted molar refractivity (Wildman–Crippen MR) is 91.0 cm³/mol. The highest BCUT2D eigenvalue weighted by atomic mass is 32.2. The third kappa shape index (κ3) is 6.05. The minimum Gasteiger partial charge on any atom is -0.355 e. The highest BCUT2D eigenvalue weighted by Gasteiger charge is 2.27. The first-order valence-electron chi connectivity index (χ1n) is 8.46. The molecule has 2 rings (SSSR count). The molecule has 3 amide bonds. The van der Waals surface area contributed by atoms with Crippen LogP contribution in [-0.4, -0.2) is 60.3 Å². The number of hydrogen-bond donors (Lipinski definition) is 2. The first-order chi connectivity index (χ1) is 11.1. The zero-order valence-corrected chi connectivity index (χ0v) is 14.6. The van der Waals surface area contributed by atoms with E-state index < -0.39 is 0 Å². The lowest BCUT2D eigenvalue weighted by Crippen LogP contribution is -2.37. The van der Waals surface area contributed by atoms with E-state index in [0.29, 0.717) is 24.8 Å². The number of carbonyl (C=O) groups is 3. The van der Waals surface area contributed by atoms with Crippen LogP contribution < -0.4 is 10.6 Å². The fraction of sp³-hybridized carbons (Fsp3) is 0.812. The van der Waals surface area contributed by atoms with Crippen LogP contribution in [0.5, 0.6) is 0 Å². The Balaban J connectivity index is 1.46. The van der Waals surface area contributed by atoms with Gasteiger partial charge >= 0.3 is 0 Å². The Labute approximate surface area is 142 Å². The summed E-state index contributed by atoms with van der Waals surface area (Å²) < 4.78 is 0. The van der Waals surface area contributed by atoms with E-state index in [2.05, 4.69) is 10.6 Å². The summed E-state index contributed by atoms with van der Waals surface area (Å²) in [6.07, 6.45) is 4.61. The van der Waals surface area contributed by atoms with E-state index in [1.807, 2.05) is 6.92 Å². The molecule has 1 aliphatic heterocycles. The molecule has 1 saturated carbocycles. The highest BCUT2D eigenvalue weighted by Crippen LogP contribution is 2.25. The van der Waals surface area contributed by atoms with Gasteiger partial charge in [-0.3, -0.25) is 14.4 Å². The molecule has 6 nitrogen and oxygen atoms in total. The minimum atomic E-state index is -0.0820. The van der Waals surface area contributed by atoms with E-state index in [1.165, 1.54) is 31.0 Å². The predicted octanol–water partition coefficient (Wildman–Crippen LogP) is 0.621. The molecule has 0 radical (unpaired) electrons. The van der Waals surface area contributed by atoms with E-state index in [9.17, 15) is 14.4 Å². The maximum absolute atomic E-state index is 11.7. The summed E-state index contributed by atoms with van der Waals surface area (Å²) in [5, 5.41) is 5.71. The molecule has 2 N–H and O–H groups in total. The van der Waals surface area contributed by atoms with Gasteiger partial charge in [0, 0.05) is 32.1 Å². The fourth-order valence-electron chi connectivity index (χ4n) is 2.74. The van der Waals surface area contributed by atoms with Gasteiger partial charge in [-0.2, -0.15) is 0 Å². The maximum Gasteiger partial charge on any atom is 0.230 e. The van der Waals surface area contributed by atoms with Crippen molar-refractivity contribution in [1.29, 1.82) is 0 Å². The van der Waals surface area contributed by atoms with Crippen LogP contribution in [0, 0.1) is 11.8 Å². The first-order valence-corrected chi connectivity index (χ1v) is 9.61. The smallest absolute Gasteiger partial charge is 0.230 e. The van der Waals surface area contributed by atoms with E-state index in [4.69, 9.17) is 0 Å². The van der Waals surface area contributed by atoms with Crippen molar-refractivity contribution in [2.75, 3.05) is 37.7 Å². The van der Waals surface area contributed by atoms with E-state index in [-0.39, 0.29) is 29.4 Å². The van der Waals surface area contributed by atoms with Crippen molar-refractivity contribution in [3.63, 3.8) is 0 Å². The molecule has 0 bridgehead atoms. The third-order valence-electron chi connectivity index (χ3n) is 4.55. The minimum absolute atomic E-state index is 0.00588. The van der Waals surface area contributed by atoms with Gasteiger partial charge in [0.2, 0.25) is 17.7 Å². The standard InChI is InChI=1S/C16H27N3O3S/c1-12-5-7-19(16(12)22)8-6-17-14(20)10-23-11-15(21)18-9-13-3-2-4-13/h12-13H,2-11H2,1H3,(H,17,20)(H,18,21)/t12-/m0/s1. The molecule has 2 fully saturated rings. The van der Waals surface area contributed by atoms with Crippen LogP contribution in [0.3, 0.4) is 0 Å². The molecule has 130 valence electrons. The second-order valence-electron chi connectivity index (χ2n) is 6.46. The summed E-state index contributed by atoms with van der Waals surface area (Å²) in [6, 6.07) is 0. The number of thioether (sulfide) groups is 1. The molecule has 23 heavy (non-hydrogen) atoms. The monoisotopic (exact) mass is 341 g/mol. The van der Waals surface area contributed by atoms with Crippen molar-refractivity contribution in [3.05, 3.63) is 0 Å². The number of likely N-dealkylation sites (tertiary alicyclic amines) is 1. The summed E-state index contributed by atoms with van der Waals surface area (Å²) in [6.45, 7) is 4.54. The molecule has 1 atom stereocenters. The number of nitrogens with one attached hydrogen (secondary N) is 2. The lowest BCUT2D eigenvalue weighted by molar-refractivity contribution is -0.130. The lowest BCUT2D eigenvalue weighted by Gasteiger charge is -2.25. The van der Waals surface area contributed by atoms with Gasteiger partial charge in [0.15, 0.2) is 0 Å². The summed E-state index contributed by atoms with van der Waals surface area (Å²) in [5.74, 6) is 1.47. The van der Waals surface area contributed by atoms with Crippen LogP contribution in [0.2, 0.25) is 0 Å². The molecule has 0 spiro atoms. The number of rotatable bonds is 9. The quantitative estimate of drug-likeness (QED) is 0.644.